The molecule has 51 heavy (non-hydrogen) atoms. The van der Waals surface area contributed by atoms with Crippen molar-refractivity contribution < 1.29 is 28.5 Å². The molecule has 7 heteroatoms. The van der Waals surface area contributed by atoms with E-state index in [9.17, 15) is 4.79 Å². The minimum Gasteiger partial charge on any atom is -0.441 e. The van der Waals surface area contributed by atoms with Gasteiger partial charge in [-0.1, -0.05) is 162 Å². The van der Waals surface area contributed by atoms with Gasteiger partial charge in [0.05, 0.1) is 31.0 Å². The van der Waals surface area contributed by atoms with Crippen LogP contribution in [0.5, 0.6) is 0 Å². The van der Waals surface area contributed by atoms with Crippen LogP contribution in [-0.4, -0.2) is 70.1 Å². The van der Waals surface area contributed by atoms with Gasteiger partial charge in [-0.2, -0.15) is 0 Å². The van der Waals surface area contributed by atoms with Gasteiger partial charge in [-0.05, 0) is 52.9 Å². The van der Waals surface area contributed by atoms with Crippen molar-refractivity contribution in [2.45, 2.75) is 232 Å². The standard InChI is InChI=1S/C44H89NO6/c1-8-11-13-15-17-19-21-23-25-27-29-31-36-48-39-41(40-49-37-32-30-28-26-24-22-20-18-16-14-12-9-2)51-42(46)45-35-33-43(4,5)50-38-34-44(6,10-3)47-7/h41H,8-40H2,1-7H3,(H,45,46). The Morgan fingerprint density at radius 3 is 1.31 bits per heavy atom. The van der Waals surface area contributed by atoms with Crippen LogP contribution in [0, 0.1) is 0 Å². The Hall–Kier alpha value is -0.890. The van der Waals surface area contributed by atoms with Crippen molar-refractivity contribution in [3.63, 3.8) is 0 Å². The predicted octanol–water partition coefficient (Wildman–Crippen LogP) is 12.9. The molecule has 306 valence electrons. The van der Waals surface area contributed by atoms with Crippen LogP contribution in [0.4, 0.5) is 4.79 Å². The molecule has 0 aromatic rings. The lowest BCUT2D eigenvalue weighted by Crippen LogP contribution is -2.38. The van der Waals surface area contributed by atoms with Crippen LogP contribution in [-0.2, 0) is 23.7 Å². The number of carbonyl (C=O) groups excluding carboxylic acids is 1. The molecule has 0 bridgehead atoms. The van der Waals surface area contributed by atoms with Crippen LogP contribution < -0.4 is 5.32 Å². The lowest BCUT2D eigenvalue weighted by atomic mass is 9.99. The van der Waals surface area contributed by atoms with Crippen LogP contribution in [0.3, 0.4) is 0 Å². The quantitative estimate of drug-likeness (QED) is 0.0633. The highest BCUT2D eigenvalue weighted by atomic mass is 16.6. The van der Waals surface area contributed by atoms with Gasteiger partial charge in [0.15, 0.2) is 6.10 Å². The number of alkyl carbamates (subject to hydrolysis) is 1. The third kappa shape index (κ3) is 34.6. The number of nitrogens with one attached hydrogen (secondary N) is 1. The first-order chi connectivity index (χ1) is 24.7. The second kappa shape index (κ2) is 36.1. The molecule has 0 rings (SSSR count). The number of rotatable bonds is 40. The molecule has 0 saturated heterocycles. The van der Waals surface area contributed by atoms with Gasteiger partial charge in [0, 0.05) is 26.9 Å². The molecule has 1 N–H and O–H groups in total. The Morgan fingerprint density at radius 1 is 0.549 bits per heavy atom. The molecular formula is C44H89NO6. The lowest BCUT2D eigenvalue weighted by molar-refractivity contribution is -0.0684. The van der Waals surface area contributed by atoms with Gasteiger partial charge in [-0.3, -0.25) is 0 Å². The molecule has 0 aliphatic carbocycles. The van der Waals surface area contributed by atoms with Crippen molar-refractivity contribution in [3.8, 4) is 0 Å². The fourth-order valence-corrected chi connectivity index (χ4v) is 6.33. The van der Waals surface area contributed by atoms with E-state index in [1.54, 1.807) is 7.11 Å². The molecule has 0 aliphatic heterocycles. The summed E-state index contributed by atoms with van der Waals surface area (Å²) in [7, 11) is 1.76. The number of unbranched alkanes of at least 4 members (excludes halogenated alkanes) is 22. The summed E-state index contributed by atoms with van der Waals surface area (Å²) in [6.07, 6.45) is 33.4. The first-order valence-electron chi connectivity index (χ1n) is 22.0. The summed E-state index contributed by atoms with van der Waals surface area (Å²) in [6.45, 7) is 16.2. The Labute approximate surface area is 318 Å². The van der Waals surface area contributed by atoms with Gasteiger partial charge in [0.1, 0.15) is 0 Å². The Bertz CT molecular complexity index is 696. The smallest absolute Gasteiger partial charge is 0.407 e. The van der Waals surface area contributed by atoms with Crippen molar-refractivity contribution in [2.24, 2.45) is 0 Å². The molecule has 0 fully saturated rings. The van der Waals surface area contributed by atoms with Gasteiger partial charge in [0.2, 0.25) is 0 Å². The molecule has 0 aliphatic rings. The van der Waals surface area contributed by atoms with Gasteiger partial charge in [-0.15, -0.1) is 0 Å². The first kappa shape index (κ1) is 50.1. The number of methoxy groups -OCH3 is 1. The lowest BCUT2D eigenvalue weighted by Gasteiger charge is -2.30. The van der Waals surface area contributed by atoms with Gasteiger partial charge < -0.3 is 29.0 Å². The molecule has 7 nitrogen and oxygen atoms in total. The highest BCUT2D eigenvalue weighted by Gasteiger charge is 2.24. The number of hydrogen-bond donors (Lipinski definition) is 1. The topological polar surface area (TPSA) is 75.3 Å². The molecule has 0 aromatic heterocycles. The molecule has 0 aromatic carbocycles. The van der Waals surface area contributed by atoms with E-state index in [-0.39, 0.29) is 11.2 Å². The third-order valence-electron chi connectivity index (χ3n) is 10.5. The number of hydrogen-bond acceptors (Lipinski definition) is 6. The highest BCUT2D eigenvalue weighted by Crippen LogP contribution is 2.22. The fourth-order valence-electron chi connectivity index (χ4n) is 6.33. The van der Waals surface area contributed by atoms with E-state index in [0.717, 1.165) is 25.7 Å². The highest BCUT2D eigenvalue weighted by molar-refractivity contribution is 5.67. The minimum atomic E-state index is -0.420. The van der Waals surface area contributed by atoms with Crippen molar-refractivity contribution in [2.75, 3.05) is 46.7 Å². The Morgan fingerprint density at radius 2 is 0.941 bits per heavy atom. The third-order valence-corrected chi connectivity index (χ3v) is 10.5. The summed E-state index contributed by atoms with van der Waals surface area (Å²) >= 11 is 0. The predicted molar refractivity (Wildman–Crippen MR) is 217 cm³/mol. The molecule has 0 radical (unpaired) electrons. The van der Waals surface area contributed by atoms with Crippen LogP contribution in [0.2, 0.25) is 0 Å². The zero-order chi connectivity index (χ0) is 37.7. The SMILES string of the molecule is CCCCCCCCCCCCCCOCC(COCCCCCCCCCCCCCC)OC(=O)NCCC(C)(C)OCCC(C)(CC)OC. The van der Waals surface area contributed by atoms with Crippen LogP contribution in [0.25, 0.3) is 0 Å². The normalized spacial score (nSPS) is 13.2. The maximum Gasteiger partial charge on any atom is 0.407 e. The van der Waals surface area contributed by atoms with E-state index >= 15 is 0 Å². The summed E-state index contributed by atoms with van der Waals surface area (Å²) < 4.78 is 29.6. The molecule has 1 atom stereocenters. The molecule has 0 heterocycles. The molecular weight excluding hydrogens is 638 g/mol. The van der Waals surface area contributed by atoms with E-state index in [1.165, 1.54) is 141 Å². The average Bonchev–Trinajstić information content (AvgIpc) is 3.11. The largest absolute Gasteiger partial charge is 0.441 e. The second-order valence-corrected chi connectivity index (χ2v) is 16.0. The second-order valence-electron chi connectivity index (χ2n) is 16.0. The van der Waals surface area contributed by atoms with Gasteiger partial charge >= 0.3 is 6.09 Å². The minimum absolute atomic E-state index is 0.169. The molecule has 0 spiro atoms. The van der Waals surface area contributed by atoms with E-state index < -0.39 is 12.2 Å². The maximum atomic E-state index is 12.8. The zero-order valence-corrected chi connectivity index (χ0v) is 35.4. The summed E-state index contributed by atoms with van der Waals surface area (Å²) in [6, 6.07) is 0. The van der Waals surface area contributed by atoms with Crippen LogP contribution in [0.1, 0.15) is 215 Å². The van der Waals surface area contributed by atoms with E-state index in [1.807, 2.05) is 0 Å². The molecule has 1 amide bonds. The van der Waals surface area contributed by atoms with Crippen LogP contribution >= 0.6 is 0 Å². The maximum absolute atomic E-state index is 12.8. The zero-order valence-electron chi connectivity index (χ0n) is 35.4. The van der Waals surface area contributed by atoms with Crippen molar-refractivity contribution >= 4 is 6.09 Å². The van der Waals surface area contributed by atoms with Crippen molar-refractivity contribution in [1.82, 2.24) is 5.32 Å². The van der Waals surface area contributed by atoms with E-state index in [0.29, 0.717) is 46.0 Å². The Balaban J connectivity index is 4.35. The average molecular weight is 728 g/mol. The van der Waals surface area contributed by atoms with Crippen molar-refractivity contribution in [3.05, 3.63) is 0 Å². The molecule has 1 unspecified atom stereocenters. The fraction of sp³-hybridized carbons (Fsp3) is 0.977. The summed E-state index contributed by atoms with van der Waals surface area (Å²) in [5.41, 5.74) is -0.527. The first-order valence-corrected chi connectivity index (χ1v) is 22.0. The van der Waals surface area contributed by atoms with E-state index in [4.69, 9.17) is 23.7 Å². The van der Waals surface area contributed by atoms with Gasteiger partial charge in [0.25, 0.3) is 0 Å². The van der Waals surface area contributed by atoms with Gasteiger partial charge in [-0.25, -0.2) is 4.79 Å². The summed E-state index contributed by atoms with van der Waals surface area (Å²) in [5.74, 6) is 0. The number of amides is 1. The Kier molecular flexibility index (Phi) is 35.5. The molecule has 0 saturated carbocycles. The van der Waals surface area contributed by atoms with Crippen molar-refractivity contribution in [1.29, 1.82) is 0 Å². The van der Waals surface area contributed by atoms with Crippen LogP contribution in [0.15, 0.2) is 0 Å². The monoisotopic (exact) mass is 728 g/mol. The summed E-state index contributed by atoms with van der Waals surface area (Å²) in [4.78, 5) is 12.8. The summed E-state index contributed by atoms with van der Waals surface area (Å²) in [5, 5.41) is 2.92. The number of carbonyl (C=O) groups is 1. The number of ether oxygens (including phenoxy) is 5. The van der Waals surface area contributed by atoms with E-state index in [2.05, 4.69) is 46.9 Å².